The molecule has 4 rings (SSSR count). The lowest BCUT2D eigenvalue weighted by Gasteiger charge is -2.29. The lowest BCUT2D eigenvalue weighted by atomic mass is 9.97. The largest absolute Gasteiger partial charge is 0.352 e. The van der Waals surface area contributed by atoms with Crippen molar-refractivity contribution in [2.75, 3.05) is 13.2 Å². The van der Waals surface area contributed by atoms with E-state index >= 15 is 0 Å². The number of hydrogen-bond acceptors (Lipinski definition) is 2. The maximum atomic E-state index is 14.9. The van der Waals surface area contributed by atoms with Crippen LogP contribution >= 0.6 is 0 Å². The first-order valence-corrected chi connectivity index (χ1v) is 11.9. The average molecular weight is 451 g/mol. The molecule has 0 bridgehead atoms. The van der Waals surface area contributed by atoms with Crippen molar-refractivity contribution in [3.05, 3.63) is 83.4 Å². The predicted molar refractivity (Wildman–Crippen MR) is 129 cm³/mol. The van der Waals surface area contributed by atoms with Crippen molar-refractivity contribution in [2.24, 2.45) is 5.92 Å². The molecule has 1 aliphatic rings. The Hall–Kier alpha value is -2.56. The highest BCUT2D eigenvalue weighted by molar-refractivity contribution is 5.71. The van der Waals surface area contributed by atoms with Crippen LogP contribution in [0.2, 0.25) is 0 Å². The zero-order valence-electron chi connectivity index (χ0n) is 19.5. The van der Waals surface area contributed by atoms with Crippen LogP contribution in [0.25, 0.3) is 22.3 Å². The van der Waals surface area contributed by atoms with Crippen LogP contribution in [0.5, 0.6) is 0 Å². The van der Waals surface area contributed by atoms with E-state index in [4.69, 9.17) is 9.47 Å². The smallest absolute Gasteiger partial charge is 0.157 e. The zero-order chi connectivity index (χ0) is 23.2. The minimum absolute atomic E-state index is 0.0122. The van der Waals surface area contributed by atoms with Crippen LogP contribution in [-0.2, 0) is 15.9 Å². The summed E-state index contributed by atoms with van der Waals surface area (Å²) in [5, 5.41) is 0. The van der Waals surface area contributed by atoms with Gasteiger partial charge >= 0.3 is 0 Å². The Bertz CT molecular complexity index is 1010. The average Bonchev–Trinajstić information content (AvgIpc) is 2.83. The van der Waals surface area contributed by atoms with Crippen LogP contribution in [0.3, 0.4) is 0 Å². The Morgan fingerprint density at radius 3 is 1.91 bits per heavy atom. The van der Waals surface area contributed by atoms with Crippen LogP contribution in [0.15, 0.2) is 60.7 Å². The molecule has 0 spiro atoms. The number of halogens is 2. The van der Waals surface area contributed by atoms with Crippen LogP contribution in [-0.4, -0.2) is 19.5 Å². The van der Waals surface area contributed by atoms with Gasteiger partial charge in [-0.25, -0.2) is 8.78 Å². The van der Waals surface area contributed by atoms with Gasteiger partial charge < -0.3 is 9.47 Å². The van der Waals surface area contributed by atoms with E-state index in [0.717, 1.165) is 17.5 Å². The van der Waals surface area contributed by atoms with Crippen molar-refractivity contribution in [2.45, 2.75) is 52.2 Å². The van der Waals surface area contributed by atoms with E-state index in [1.54, 1.807) is 12.1 Å². The number of ether oxygens (including phenoxy) is 2. The fraction of sp³-hybridized carbons (Fsp3) is 0.379. The predicted octanol–water partition coefficient (Wildman–Crippen LogP) is 7.72. The quantitative estimate of drug-likeness (QED) is 0.350. The second-order valence-corrected chi connectivity index (χ2v) is 9.02. The third kappa shape index (κ3) is 6.07. The van der Waals surface area contributed by atoms with Gasteiger partial charge in [-0.2, -0.15) is 0 Å². The second kappa shape index (κ2) is 11.0. The van der Waals surface area contributed by atoms with Gasteiger partial charge in [0.25, 0.3) is 0 Å². The number of rotatable bonds is 8. The van der Waals surface area contributed by atoms with E-state index in [1.807, 2.05) is 31.2 Å². The van der Waals surface area contributed by atoms with Gasteiger partial charge in [0.1, 0.15) is 11.6 Å². The van der Waals surface area contributed by atoms with Crippen LogP contribution in [0.1, 0.15) is 43.7 Å². The summed E-state index contributed by atoms with van der Waals surface area (Å²) in [6.45, 7) is 5.62. The molecule has 0 unspecified atom stereocenters. The monoisotopic (exact) mass is 450 g/mol. The minimum Gasteiger partial charge on any atom is -0.352 e. The van der Waals surface area contributed by atoms with Crippen molar-refractivity contribution in [1.29, 1.82) is 0 Å². The molecule has 3 aromatic carbocycles. The van der Waals surface area contributed by atoms with Crippen molar-refractivity contribution in [3.63, 3.8) is 0 Å². The van der Waals surface area contributed by atoms with E-state index in [1.165, 1.54) is 30.5 Å². The number of benzene rings is 3. The molecule has 0 N–H and O–H groups in total. The van der Waals surface area contributed by atoms with Gasteiger partial charge in [0.15, 0.2) is 6.29 Å². The van der Waals surface area contributed by atoms with Gasteiger partial charge in [-0.15, -0.1) is 0 Å². The summed E-state index contributed by atoms with van der Waals surface area (Å²) >= 11 is 0. The first-order chi connectivity index (χ1) is 16.0. The molecule has 1 heterocycles. The summed E-state index contributed by atoms with van der Waals surface area (Å²) < 4.78 is 41.4. The Morgan fingerprint density at radius 2 is 1.33 bits per heavy atom. The molecule has 1 fully saturated rings. The standard InChI is InChI=1S/C29H32F2O2/c1-3-4-5-22-18-32-28(33-19-22)15-8-21-16-26(30)29(27(31)17-21)25-13-11-24(12-14-25)23-9-6-20(2)7-10-23/h6-7,9-14,16-17,22,28H,3-5,8,15,18-19H2,1-2H3. The third-order valence-corrected chi connectivity index (χ3v) is 6.33. The molecule has 0 saturated carbocycles. The van der Waals surface area contributed by atoms with Gasteiger partial charge in [0.05, 0.1) is 18.8 Å². The van der Waals surface area contributed by atoms with Crippen molar-refractivity contribution in [3.8, 4) is 22.3 Å². The summed E-state index contributed by atoms with van der Waals surface area (Å²) in [6.07, 6.45) is 4.26. The maximum absolute atomic E-state index is 14.9. The summed E-state index contributed by atoms with van der Waals surface area (Å²) in [7, 11) is 0. The molecule has 33 heavy (non-hydrogen) atoms. The maximum Gasteiger partial charge on any atom is 0.157 e. The second-order valence-electron chi connectivity index (χ2n) is 9.02. The van der Waals surface area contributed by atoms with Crippen molar-refractivity contribution >= 4 is 0 Å². The Kier molecular flexibility index (Phi) is 7.89. The molecule has 0 aliphatic carbocycles. The molecule has 0 atom stereocenters. The molecule has 174 valence electrons. The molecular weight excluding hydrogens is 418 g/mol. The SMILES string of the molecule is CCCCC1COC(CCc2cc(F)c(-c3ccc(-c4ccc(C)cc4)cc3)c(F)c2)OC1. The Morgan fingerprint density at radius 1 is 0.788 bits per heavy atom. The first-order valence-electron chi connectivity index (χ1n) is 11.9. The summed E-state index contributed by atoms with van der Waals surface area (Å²) in [6, 6.07) is 18.4. The van der Waals surface area contributed by atoms with Crippen molar-refractivity contribution in [1.82, 2.24) is 0 Å². The van der Waals surface area contributed by atoms with Gasteiger partial charge in [0, 0.05) is 12.3 Å². The molecular formula is C29H32F2O2. The van der Waals surface area contributed by atoms with Crippen LogP contribution in [0.4, 0.5) is 8.78 Å². The van der Waals surface area contributed by atoms with Crippen molar-refractivity contribution < 1.29 is 18.3 Å². The topological polar surface area (TPSA) is 18.5 Å². The van der Waals surface area contributed by atoms with Crippen LogP contribution < -0.4 is 0 Å². The molecule has 1 aliphatic heterocycles. The van der Waals surface area contributed by atoms with E-state index in [2.05, 4.69) is 19.1 Å². The molecule has 3 aromatic rings. The van der Waals surface area contributed by atoms with E-state index in [0.29, 0.717) is 43.1 Å². The molecule has 2 nitrogen and oxygen atoms in total. The molecule has 0 aromatic heterocycles. The molecule has 4 heteroatoms. The van der Waals surface area contributed by atoms with E-state index in [9.17, 15) is 8.78 Å². The van der Waals surface area contributed by atoms with Gasteiger partial charge in [-0.3, -0.25) is 0 Å². The normalized spacial score (nSPS) is 18.4. The Labute approximate surface area is 195 Å². The highest BCUT2D eigenvalue weighted by atomic mass is 19.1. The number of hydrogen-bond donors (Lipinski definition) is 0. The third-order valence-electron chi connectivity index (χ3n) is 6.33. The fourth-order valence-corrected chi connectivity index (χ4v) is 4.31. The highest BCUT2D eigenvalue weighted by Crippen LogP contribution is 2.30. The number of aryl methyl sites for hydroxylation is 2. The summed E-state index contributed by atoms with van der Waals surface area (Å²) in [4.78, 5) is 0. The lowest BCUT2D eigenvalue weighted by molar-refractivity contribution is -0.203. The highest BCUT2D eigenvalue weighted by Gasteiger charge is 2.22. The van der Waals surface area contributed by atoms with Crippen LogP contribution in [0, 0.1) is 24.5 Å². The lowest BCUT2D eigenvalue weighted by Crippen LogP contribution is -2.32. The molecule has 0 radical (unpaired) electrons. The van der Waals surface area contributed by atoms with Gasteiger partial charge in [0.2, 0.25) is 0 Å². The Balaban J connectivity index is 1.39. The fourth-order valence-electron chi connectivity index (χ4n) is 4.31. The number of unbranched alkanes of at least 4 members (excludes halogenated alkanes) is 1. The molecule has 0 amide bonds. The summed E-state index contributed by atoms with van der Waals surface area (Å²) in [5.74, 6) is -0.635. The van der Waals surface area contributed by atoms with Gasteiger partial charge in [-0.1, -0.05) is 73.9 Å². The van der Waals surface area contributed by atoms with E-state index in [-0.39, 0.29) is 11.9 Å². The summed E-state index contributed by atoms with van der Waals surface area (Å²) in [5.41, 5.74) is 4.44. The minimum atomic E-state index is -0.543. The molecule has 1 saturated heterocycles. The zero-order valence-corrected chi connectivity index (χ0v) is 19.5. The van der Waals surface area contributed by atoms with E-state index < -0.39 is 11.6 Å². The first kappa shape index (κ1) is 23.6. The van der Waals surface area contributed by atoms with Gasteiger partial charge in [-0.05, 0) is 54.2 Å².